The molecule has 0 aliphatic rings. The number of thiophene rings is 1. The van der Waals surface area contributed by atoms with Crippen molar-refractivity contribution in [3.8, 4) is 0 Å². The Morgan fingerprint density at radius 3 is 2.59 bits per heavy atom. The van der Waals surface area contributed by atoms with Crippen LogP contribution in [0.15, 0.2) is 35.7 Å². The van der Waals surface area contributed by atoms with Gasteiger partial charge in [0.2, 0.25) is 0 Å². The van der Waals surface area contributed by atoms with E-state index >= 15 is 0 Å². The Morgan fingerprint density at radius 2 is 1.95 bits per heavy atom. The average Bonchev–Trinajstić information content (AvgIpc) is 2.93. The van der Waals surface area contributed by atoms with Crippen molar-refractivity contribution in [2.45, 2.75) is 39.5 Å². The van der Waals surface area contributed by atoms with E-state index in [1.54, 1.807) is 11.3 Å². The predicted molar refractivity (Wildman–Crippen MR) is 94.9 cm³/mol. The van der Waals surface area contributed by atoms with Crippen LogP contribution in [0.25, 0.3) is 0 Å². The molecule has 0 radical (unpaired) electrons. The maximum Gasteiger partial charge on any atom is 0.319 e. The molecule has 0 spiro atoms. The standard InChI is InChI=1S/C18H24N2OS/c1-13-7-5-9-15(18(2,3)4)16(13)20-17(21)19-11-10-14-8-6-12-22-14/h5-9,12H,10-11H2,1-4H3,(H2,19,20,21). The van der Waals surface area contributed by atoms with Gasteiger partial charge in [0.1, 0.15) is 0 Å². The van der Waals surface area contributed by atoms with Crippen molar-refractivity contribution in [2.75, 3.05) is 11.9 Å². The molecule has 2 N–H and O–H groups in total. The molecule has 0 unspecified atom stereocenters. The largest absolute Gasteiger partial charge is 0.338 e. The van der Waals surface area contributed by atoms with Gasteiger partial charge >= 0.3 is 6.03 Å². The van der Waals surface area contributed by atoms with Crippen molar-refractivity contribution in [1.82, 2.24) is 5.32 Å². The highest BCUT2D eigenvalue weighted by Gasteiger charge is 2.20. The van der Waals surface area contributed by atoms with Gasteiger partial charge in [-0.25, -0.2) is 4.79 Å². The maximum absolute atomic E-state index is 12.2. The normalized spacial score (nSPS) is 11.3. The van der Waals surface area contributed by atoms with Gasteiger partial charge in [0.15, 0.2) is 0 Å². The smallest absolute Gasteiger partial charge is 0.319 e. The van der Waals surface area contributed by atoms with E-state index < -0.39 is 0 Å². The van der Waals surface area contributed by atoms with Gasteiger partial charge in [-0.1, -0.05) is 45.0 Å². The van der Waals surface area contributed by atoms with Gasteiger partial charge in [-0.05, 0) is 41.3 Å². The summed E-state index contributed by atoms with van der Waals surface area (Å²) in [5.74, 6) is 0. The van der Waals surface area contributed by atoms with E-state index in [0.29, 0.717) is 6.54 Å². The number of hydrogen-bond donors (Lipinski definition) is 2. The third-order valence-electron chi connectivity index (χ3n) is 3.56. The Hall–Kier alpha value is -1.81. The average molecular weight is 316 g/mol. The molecule has 0 fully saturated rings. The summed E-state index contributed by atoms with van der Waals surface area (Å²) < 4.78 is 0. The lowest BCUT2D eigenvalue weighted by atomic mass is 9.84. The third kappa shape index (κ3) is 4.34. The molecule has 22 heavy (non-hydrogen) atoms. The number of rotatable bonds is 4. The summed E-state index contributed by atoms with van der Waals surface area (Å²) in [5, 5.41) is 8.00. The SMILES string of the molecule is Cc1cccc(C(C)(C)C)c1NC(=O)NCCc1cccs1. The number of carbonyl (C=O) groups is 1. The molecule has 4 heteroatoms. The second-order valence-corrected chi connectivity index (χ2v) is 7.49. The van der Waals surface area contributed by atoms with Crippen LogP contribution in [0, 0.1) is 6.92 Å². The second-order valence-electron chi connectivity index (χ2n) is 6.46. The van der Waals surface area contributed by atoms with Crippen molar-refractivity contribution in [1.29, 1.82) is 0 Å². The van der Waals surface area contributed by atoms with E-state index in [1.165, 1.54) is 4.88 Å². The summed E-state index contributed by atoms with van der Waals surface area (Å²) in [6.45, 7) is 9.13. The Morgan fingerprint density at radius 1 is 1.18 bits per heavy atom. The molecule has 0 aliphatic heterocycles. The first-order valence-electron chi connectivity index (χ1n) is 7.55. The van der Waals surface area contributed by atoms with Crippen LogP contribution in [-0.4, -0.2) is 12.6 Å². The van der Waals surface area contributed by atoms with Gasteiger partial charge in [-0.2, -0.15) is 0 Å². The first kappa shape index (κ1) is 16.6. The Balaban J connectivity index is 1.99. The van der Waals surface area contributed by atoms with E-state index in [0.717, 1.165) is 23.2 Å². The molecule has 0 saturated carbocycles. The zero-order chi connectivity index (χ0) is 16.2. The molecule has 3 nitrogen and oxygen atoms in total. The first-order valence-corrected chi connectivity index (χ1v) is 8.43. The topological polar surface area (TPSA) is 41.1 Å². The fraction of sp³-hybridized carbons (Fsp3) is 0.389. The maximum atomic E-state index is 12.2. The third-order valence-corrected chi connectivity index (χ3v) is 4.49. The molecule has 0 atom stereocenters. The molecule has 0 saturated heterocycles. The number of carbonyl (C=O) groups excluding carboxylic acids is 1. The number of aryl methyl sites for hydroxylation is 1. The molecule has 2 aromatic rings. The zero-order valence-corrected chi connectivity index (χ0v) is 14.5. The number of amides is 2. The summed E-state index contributed by atoms with van der Waals surface area (Å²) >= 11 is 1.72. The van der Waals surface area contributed by atoms with Crippen molar-refractivity contribution < 1.29 is 4.79 Å². The minimum Gasteiger partial charge on any atom is -0.338 e. The highest BCUT2D eigenvalue weighted by atomic mass is 32.1. The molecular formula is C18H24N2OS. The molecule has 0 aliphatic carbocycles. The summed E-state index contributed by atoms with van der Waals surface area (Å²) in [5.41, 5.74) is 3.15. The van der Waals surface area contributed by atoms with Gasteiger partial charge in [0, 0.05) is 17.1 Å². The number of para-hydroxylation sites is 1. The van der Waals surface area contributed by atoms with E-state index in [4.69, 9.17) is 0 Å². The van der Waals surface area contributed by atoms with Crippen molar-refractivity contribution >= 4 is 23.1 Å². The van der Waals surface area contributed by atoms with Crippen molar-refractivity contribution in [3.05, 3.63) is 51.7 Å². The van der Waals surface area contributed by atoms with Crippen LogP contribution < -0.4 is 10.6 Å². The number of nitrogens with one attached hydrogen (secondary N) is 2. The Kier molecular flexibility index (Phi) is 5.24. The Labute approximate surface area is 136 Å². The second kappa shape index (κ2) is 6.97. The van der Waals surface area contributed by atoms with E-state index in [-0.39, 0.29) is 11.4 Å². The molecule has 118 valence electrons. The van der Waals surface area contributed by atoms with E-state index in [1.807, 2.05) is 25.1 Å². The minimum atomic E-state index is -0.142. The summed E-state index contributed by atoms with van der Waals surface area (Å²) in [7, 11) is 0. The van der Waals surface area contributed by atoms with Crippen molar-refractivity contribution in [2.24, 2.45) is 0 Å². The van der Waals surface area contributed by atoms with Gasteiger partial charge in [0.05, 0.1) is 0 Å². The van der Waals surface area contributed by atoms with Crippen LogP contribution in [0.5, 0.6) is 0 Å². The van der Waals surface area contributed by atoms with Gasteiger partial charge < -0.3 is 10.6 Å². The van der Waals surface area contributed by atoms with Crippen LogP contribution in [0.4, 0.5) is 10.5 Å². The van der Waals surface area contributed by atoms with Crippen LogP contribution >= 0.6 is 11.3 Å². The molecule has 2 rings (SSSR count). The van der Waals surface area contributed by atoms with Gasteiger partial charge in [0.25, 0.3) is 0 Å². The number of hydrogen-bond acceptors (Lipinski definition) is 2. The summed E-state index contributed by atoms with van der Waals surface area (Å²) in [6.07, 6.45) is 0.866. The fourth-order valence-corrected chi connectivity index (χ4v) is 3.08. The highest BCUT2D eigenvalue weighted by Crippen LogP contribution is 2.31. The summed E-state index contributed by atoms with van der Waals surface area (Å²) in [6, 6.07) is 10.1. The number of anilines is 1. The van der Waals surface area contributed by atoms with Crippen LogP contribution in [-0.2, 0) is 11.8 Å². The molecule has 2 amide bonds. The fourth-order valence-electron chi connectivity index (χ4n) is 2.37. The first-order chi connectivity index (χ1) is 10.4. The quantitative estimate of drug-likeness (QED) is 0.842. The lowest BCUT2D eigenvalue weighted by Gasteiger charge is -2.24. The molecule has 1 aromatic heterocycles. The molecule has 1 heterocycles. The molecule has 1 aromatic carbocycles. The zero-order valence-electron chi connectivity index (χ0n) is 13.7. The minimum absolute atomic E-state index is 0.00833. The van der Waals surface area contributed by atoms with Gasteiger partial charge in [-0.3, -0.25) is 0 Å². The molecule has 0 bridgehead atoms. The van der Waals surface area contributed by atoms with E-state index in [9.17, 15) is 4.79 Å². The van der Waals surface area contributed by atoms with Crippen LogP contribution in [0.1, 0.15) is 36.8 Å². The van der Waals surface area contributed by atoms with Crippen molar-refractivity contribution in [3.63, 3.8) is 0 Å². The Bertz CT molecular complexity index is 627. The summed E-state index contributed by atoms with van der Waals surface area (Å²) in [4.78, 5) is 13.4. The van der Waals surface area contributed by atoms with Crippen LogP contribution in [0.3, 0.4) is 0 Å². The number of urea groups is 1. The predicted octanol–water partition coefficient (Wildman–Crippen LogP) is 4.72. The van der Waals surface area contributed by atoms with Crippen LogP contribution in [0.2, 0.25) is 0 Å². The number of benzene rings is 1. The lowest BCUT2D eigenvalue weighted by molar-refractivity contribution is 0.252. The lowest BCUT2D eigenvalue weighted by Crippen LogP contribution is -2.31. The molecular weight excluding hydrogens is 292 g/mol. The van der Waals surface area contributed by atoms with Gasteiger partial charge in [-0.15, -0.1) is 11.3 Å². The van der Waals surface area contributed by atoms with E-state index in [2.05, 4.69) is 48.9 Å². The monoisotopic (exact) mass is 316 g/mol. The highest BCUT2D eigenvalue weighted by molar-refractivity contribution is 7.09.